The Morgan fingerprint density at radius 3 is 2.68 bits per heavy atom. The van der Waals surface area contributed by atoms with Crippen molar-refractivity contribution in [2.45, 2.75) is 23.8 Å². The first-order chi connectivity index (χ1) is 11.8. The van der Waals surface area contributed by atoms with E-state index in [0.29, 0.717) is 21.4 Å². The maximum absolute atomic E-state index is 14.5. The molecule has 3 aromatic rings. The number of halogens is 2. The number of imidazole rings is 1. The Morgan fingerprint density at radius 2 is 2.00 bits per heavy atom. The van der Waals surface area contributed by atoms with Crippen molar-refractivity contribution >= 4 is 40.4 Å². The third kappa shape index (κ3) is 3.37. The molecule has 3 rings (SSSR count). The number of nitrogens with zero attached hydrogens (tertiary/aromatic N) is 2. The molecule has 0 atom stereocenters. The number of thioether (sulfide) groups is 1. The fourth-order valence-corrected chi connectivity index (χ4v) is 3.70. The molecule has 0 fully saturated rings. The van der Waals surface area contributed by atoms with Crippen LogP contribution in [0, 0.1) is 5.82 Å². The first-order valence-corrected chi connectivity index (χ1v) is 8.73. The molecule has 25 heavy (non-hydrogen) atoms. The summed E-state index contributed by atoms with van der Waals surface area (Å²) in [4.78, 5) is 16.6. The van der Waals surface area contributed by atoms with E-state index in [1.165, 1.54) is 24.9 Å². The second-order valence-electron chi connectivity index (χ2n) is 5.92. The number of rotatable bonds is 4. The van der Waals surface area contributed by atoms with Crippen molar-refractivity contribution in [3.8, 4) is 5.69 Å². The monoisotopic (exact) mass is 378 g/mol. The molecule has 1 heterocycles. The minimum Gasteiger partial charge on any atom is -0.468 e. The maximum Gasteiger partial charge on any atom is 0.321 e. The fourth-order valence-electron chi connectivity index (χ4n) is 2.48. The quantitative estimate of drug-likeness (QED) is 0.480. The Morgan fingerprint density at radius 1 is 1.28 bits per heavy atom. The highest BCUT2D eigenvalue weighted by Crippen LogP contribution is 2.37. The van der Waals surface area contributed by atoms with E-state index in [4.69, 9.17) is 16.3 Å². The van der Waals surface area contributed by atoms with Crippen LogP contribution in [0.3, 0.4) is 0 Å². The molecule has 0 aliphatic rings. The Balaban J connectivity index is 2.21. The number of para-hydroxylation sites is 2. The third-order valence-corrected chi connectivity index (χ3v) is 5.07. The molecule has 7 heteroatoms. The van der Waals surface area contributed by atoms with Gasteiger partial charge in [-0.25, -0.2) is 9.37 Å². The SMILES string of the molecule is COC(=O)C(C)(C)Sc1nc2ccccc2n1-c1ccc(Cl)cc1F. The molecule has 0 radical (unpaired) electrons. The molecule has 0 saturated carbocycles. The van der Waals surface area contributed by atoms with Crippen molar-refractivity contribution in [3.63, 3.8) is 0 Å². The van der Waals surface area contributed by atoms with Crippen LogP contribution in [0.5, 0.6) is 0 Å². The van der Waals surface area contributed by atoms with Crippen molar-refractivity contribution in [1.82, 2.24) is 9.55 Å². The summed E-state index contributed by atoms with van der Waals surface area (Å²) in [7, 11) is 1.34. The summed E-state index contributed by atoms with van der Waals surface area (Å²) in [6.45, 7) is 3.48. The molecule has 0 unspecified atom stereocenters. The molecule has 0 amide bonds. The highest BCUT2D eigenvalue weighted by Gasteiger charge is 2.33. The molecular formula is C18H16ClFN2O2S. The number of methoxy groups -OCH3 is 1. The fraction of sp³-hybridized carbons (Fsp3) is 0.222. The molecule has 0 aliphatic heterocycles. The Labute approximate surface area is 154 Å². The third-order valence-electron chi connectivity index (χ3n) is 3.70. The molecule has 0 spiro atoms. The average Bonchev–Trinajstić information content (AvgIpc) is 2.91. The van der Waals surface area contributed by atoms with Crippen LogP contribution in [0.4, 0.5) is 4.39 Å². The van der Waals surface area contributed by atoms with Crippen LogP contribution in [-0.4, -0.2) is 27.4 Å². The number of ether oxygens (including phenoxy) is 1. The average molecular weight is 379 g/mol. The molecule has 1 aromatic heterocycles. The Kier molecular flexibility index (Phi) is 4.75. The van der Waals surface area contributed by atoms with Crippen molar-refractivity contribution in [1.29, 1.82) is 0 Å². The number of fused-ring (bicyclic) bond motifs is 1. The van der Waals surface area contributed by atoms with Gasteiger partial charge in [0.1, 0.15) is 10.6 Å². The van der Waals surface area contributed by atoms with Gasteiger partial charge in [0, 0.05) is 5.02 Å². The van der Waals surface area contributed by atoms with E-state index >= 15 is 0 Å². The van der Waals surface area contributed by atoms with Gasteiger partial charge in [-0.2, -0.15) is 0 Å². The zero-order valence-electron chi connectivity index (χ0n) is 13.9. The predicted molar refractivity (Wildman–Crippen MR) is 98.0 cm³/mol. The van der Waals surface area contributed by atoms with Gasteiger partial charge in [-0.05, 0) is 44.2 Å². The topological polar surface area (TPSA) is 44.1 Å². The van der Waals surface area contributed by atoms with Gasteiger partial charge >= 0.3 is 5.97 Å². The van der Waals surface area contributed by atoms with Crippen LogP contribution in [0.1, 0.15) is 13.8 Å². The number of carbonyl (C=O) groups excluding carboxylic acids is 1. The van der Waals surface area contributed by atoms with Gasteiger partial charge < -0.3 is 4.74 Å². The summed E-state index contributed by atoms with van der Waals surface area (Å²) in [6, 6.07) is 11.9. The first kappa shape index (κ1) is 17.8. The molecule has 0 saturated heterocycles. The summed E-state index contributed by atoms with van der Waals surface area (Å²) in [5.74, 6) is -0.846. The van der Waals surface area contributed by atoms with Crippen LogP contribution in [0.2, 0.25) is 5.02 Å². The van der Waals surface area contributed by atoms with Crippen molar-refractivity contribution in [2.75, 3.05) is 7.11 Å². The van der Waals surface area contributed by atoms with E-state index in [1.807, 2.05) is 24.3 Å². The zero-order valence-corrected chi connectivity index (χ0v) is 15.5. The molecule has 2 aromatic carbocycles. The summed E-state index contributed by atoms with van der Waals surface area (Å²) in [5, 5.41) is 0.813. The molecule has 0 aliphatic carbocycles. The molecule has 130 valence electrons. The second-order valence-corrected chi connectivity index (χ2v) is 7.94. The number of benzene rings is 2. The highest BCUT2D eigenvalue weighted by molar-refractivity contribution is 8.01. The normalized spacial score (nSPS) is 11.7. The minimum absolute atomic E-state index is 0.315. The first-order valence-electron chi connectivity index (χ1n) is 7.54. The van der Waals surface area contributed by atoms with Crippen LogP contribution in [0.25, 0.3) is 16.7 Å². The molecule has 4 nitrogen and oxygen atoms in total. The molecule has 0 bridgehead atoms. The standard InChI is InChI=1S/C18H16ClFN2O2S/c1-18(2,16(23)24-3)25-17-21-13-6-4-5-7-15(13)22(17)14-9-8-11(19)10-12(14)20/h4-10H,1-3H3. The number of aromatic nitrogens is 2. The van der Waals surface area contributed by atoms with Crippen molar-refractivity contribution in [3.05, 3.63) is 53.3 Å². The lowest BCUT2D eigenvalue weighted by Gasteiger charge is -2.21. The zero-order chi connectivity index (χ0) is 18.2. The van der Waals surface area contributed by atoms with Crippen molar-refractivity contribution < 1.29 is 13.9 Å². The van der Waals surface area contributed by atoms with Crippen molar-refractivity contribution in [2.24, 2.45) is 0 Å². The largest absolute Gasteiger partial charge is 0.468 e. The van der Waals surface area contributed by atoms with Gasteiger partial charge in [-0.15, -0.1) is 0 Å². The van der Waals surface area contributed by atoms with E-state index < -0.39 is 10.6 Å². The molecular weight excluding hydrogens is 363 g/mol. The van der Waals surface area contributed by atoms with Crippen LogP contribution < -0.4 is 0 Å². The van der Waals surface area contributed by atoms with E-state index in [9.17, 15) is 9.18 Å². The lowest BCUT2D eigenvalue weighted by atomic mass is 10.2. The lowest BCUT2D eigenvalue weighted by molar-refractivity contribution is -0.142. The van der Waals surface area contributed by atoms with E-state index in [1.54, 1.807) is 30.5 Å². The summed E-state index contributed by atoms with van der Waals surface area (Å²) in [5.41, 5.74) is 1.77. The van der Waals surface area contributed by atoms with Crippen LogP contribution in [-0.2, 0) is 9.53 Å². The summed E-state index contributed by atoms with van der Waals surface area (Å²) >= 11 is 7.09. The van der Waals surface area contributed by atoms with E-state index in [2.05, 4.69) is 4.98 Å². The number of esters is 1. The van der Waals surface area contributed by atoms with Gasteiger partial charge in [0.15, 0.2) is 5.16 Å². The van der Waals surface area contributed by atoms with Gasteiger partial charge in [-0.3, -0.25) is 9.36 Å². The maximum atomic E-state index is 14.5. The van der Waals surface area contributed by atoms with Crippen LogP contribution in [0.15, 0.2) is 47.6 Å². The Hall–Kier alpha value is -2.05. The smallest absolute Gasteiger partial charge is 0.321 e. The number of carbonyl (C=O) groups is 1. The summed E-state index contributed by atoms with van der Waals surface area (Å²) < 4.78 is 20.2. The Bertz CT molecular complexity index is 955. The molecule has 0 N–H and O–H groups in total. The van der Waals surface area contributed by atoms with E-state index in [-0.39, 0.29) is 5.97 Å². The van der Waals surface area contributed by atoms with Gasteiger partial charge in [0.05, 0.1) is 23.8 Å². The highest BCUT2D eigenvalue weighted by atomic mass is 35.5. The minimum atomic E-state index is -0.878. The van der Waals surface area contributed by atoms with Gasteiger partial charge in [0.25, 0.3) is 0 Å². The van der Waals surface area contributed by atoms with E-state index in [0.717, 1.165) is 5.52 Å². The summed E-state index contributed by atoms with van der Waals surface area (Å²) in [6.07, 6.45) is 0. The van der Waals surface area contributed by atoms with Crippen LogP contribution >= 0.6 is 23.4 Å². The number of hydrogen-bond acceptors (Lipinski definition) is 4. The van der Waals surface area contributed by atoms with Gasteiger partial charge in [-0.1, -0.05) is 35.5 Å². The van der Waals surface area contributed by atoms with Gasteiger partial charge in [0.2, 0.25) is 0 Å². The predicted octanol–water partition coefficient (Wildman–Crippen LogP) is 4.86. The number of hydrogen-bond donors (Lipinski definition) is 0. The lowest BCUT2D eigenvalue weighted by Crippen LogP contribution is -2.29. The second kappa shape index (κ2) is 6.69.